The van der Waals surface area contributed by atoms with Gasteiger partial charge in [-0.25, -0.2) is 0 Å². The number of rotatable bonds is 22. The number of allylic oxidation sites excluding steroid dienone is 1. The molecule has 1 aromatic carbocycles. The van der Waals surface area contributed by atoms with E-state index in [2.05, 4.69) is 36.3 Å². The maximum atomic E-state index is 13.9. The Hall–Kier alpha value is -2.75. The molecule has 0 radical (unpaired) electrons. The predicted molar refractivity (Wildman–Crippen MR) is 215 cm³/mol. The van der Waals surface area contributed by atoms with Crippen molar-refractivity contribution in [3.05, 3.63) is 41.0 Å². The summed E-state index contributed by atoms with van der Waals surface area (Å²) in [4.78, 5) is 47.3. The highest BCUT2D eigenvalue weighted by molar-refractivity contribution is 6.35. The topological polar surface area (TPSA) is 120 Å². The highest BCUT2D eigenvalue weighted by Gasteiger charge is 2.34. The molecule has 3 aliphatic rings. The lowest BCUT2D eigenvalue weighted by Crippen LogP contribution is -2.47. The second-order valence-electron chi connectivity index (χ2n) is 15.6. The minimum Gasteiger partial charge on any atom is -0.494 e. The number of aliphatic imine (C=N–C) groups is 1. The average Bonchev–Trinajstić information content (AvgIpc) is 3.17. The molecule has 0 aromatic heterocycles. The number of hydrogen-bond acceptors (Lipinski definition) is 7. The smallest absolute Gasteiger partial charge is 0.255 e. The van der Waals surface area contributed by atoms with Crippen LogP contribution in [0.15, 0.2) is 34.8 Å². The van der Waals surface area contributed by atoms with Gasteiger partial charge in [0.2, 0.25) is 5.91 Å². The normalized spacial score (nSPS) is 23.8. The Bertz CT molecular complexity index is 1380. The maximum Gasteiger partial charge on any atom is 0.255 e. The van der Waals surface area contributed by atoms with Crippen molar-refractivity contribution < 1.29 is 24.2 Å². The fourth-order valence-electron chi connectivity index (χ4n) is 8.49. The van der Waals surface area contributed by atoms with Crippen molar-refractivity contribution in [3.8, 4) is 5.75 Å². The third-order valence-electron chi connectivity index (χ3n) is 11.7. The van der Waals surface area contributed by atoms with Crippen molar-refractivity contribution in [2.45, 2.75) is 148 Å². The molecule has 1 aromatic rings. The second-order valence-corrected chi connectivity index (χ2v) is 15.8. The molecular weight excluding hydrogens is 688 g/mol. The molecule has 3 N–H and O–H groups in total. The van der Waals surface area contributed by atoms with Gasteiger partial charge in [-0.3, -0.25) is 24.3 Å². The molecule has 0 spiro atoms. The lowest BCUT2D eigenvalue weighted by Gasteiger charge is -2.38. The van der Waals surface area contributed by atoms with Crippen LogP contribution in [0.2, 0.25) is 0 Å². The monoisotopic (exact) mass is 754 g/mol. The summed E-state index contributed by atoms with van der Waals surface area (Å²) in [6, 6.07) is 5.94. The Morgan fingerprint density at radius 3 is 2.36 bits per heavy atom. The van der Waals surface area contributed by atoms with Crippen LogP contribution in [-0.2, 0) is 9.59 Å². The van der Waals surface area contributed by atoms with Gasteiger partial charge in [0, 0.05) is 36.3 Å². The molecule has 10 heteroatoms. The van der Waals surface area contributed by atoms with Crippen LogP contribution in [0.1, 0.15) is 146 Å². The number of benzene rings is 1. The summed E-state index contributed by atoms with van der Waals surface area (Å²) in [6.45, 7) is 9.33. The van der Waals surface area contributed by atoms with Crippen LogP contribution in [-0.4, -0.2) is 90.2 Å². The minimum atomic E-state index is -0.415. The second kappa shape index (κ2) is 23.2. The summed E-state index contributed by atoms with van der Waals surface area (Å²) in [5.74, 6) is 0.0493. The predicted octanol–water partition coefficient (Wildman–Crippen LogP) is 7.80. The quantitative estimate of drug-likeness (QED) is 0.0632. The highest BCUT2D eigenvalue weighted by atomic mass is 35.5. The Morgan fingerprint density at radius 2 is 1.68 bits per heavy atom. The first kappa shape index (κ1) is 43.0. The van der Waals surface area contributed by atoms with Crippen molar-refractivity contribution in [1.82, 2.24) is 15.5 Å². The van der Waals surface area contributed by atoms with Crippen LogP contribution in [0.3, 0.4) is 0 Å². The van der Waals surface area contributed by atoms with E-state index in [9.17, 15) is 19.5 Å². The molecule has 3 aliphatic carbocycles. The van der Waals surface area contributed by atoms with E-state index in [1.165, 1.54) is 51.4 Å². The largest absolute Gasteiger partial charge is 0.494 e. The lowest BCUT2D eigenvalue weighted by molar-refractivity contribution is -0.119. The zero-order chi connectivity index (χ0) is 38.0. The Morgan fingerprint density at radius 1 is 0.962 bits per heavy atom. The van der Waals surface area contributed by atoms with Gasteiger partial charge < -0.3 is 20.5 Å². The number of hydrogen-bond donors (Lipinski definition) is 3. The molecule has 296 valence electrons. The number of unbranched alkanes of at least 4 members (excludes halogenated alkanes) is 9. The summed E-state index contributed by atoms with van der Waals surface area (Å²) in [5.41, 5.74) is 1.92. The number of halogens is 1. The zero-order valence-corrected chi connectivity index (χ0v) is 33.6. The molecule has 4 rings (SSSR count). The van der Waals surface area contributed by atoms with E-state index < -0.39 is 5.91 Å². The Labute approximate surface area is 324 Å². The van der Waals surface area contributed by atoms with Crippen molar-refractivity contribution >= 4 is 34.9 Å². The molecule has 9 nitrogen and oxygen atoms in total. The van der Waals surface area contributed by atoms with Crippen molar-refractivity contribution in [2.75, 3.05) is 38.7 Å². The fraction of sp³-hybridized carbons (Fsp3) is 0.721. The van der Waals surface area contributed by atoms with E-state index in [1.54, 1.807) is 12.1 Å². The molecular formula is C43H67ClN4O5. The van der Waals surface area contributed by atoms with Crippen LogP contribution in [0.5, 0.6) is 5.75 Å². The number of nitrogens with zero attached hydrogens (tertiary/aromatic N) is 2. The maximum absolute atomic E-state index is 13.9. The third kappa shape index (κ3) is 13.2. The van der Waals surface area contributed by atoms with E-state index in [0.29, 0.717) is 54.2 Å². The van der Waals surface area contributed by atoms with Crippen molar-refractivity contribution in [3.63, 3.8) is 0 Å². The van der Waals surface area contributed by atoms with Crippen molar-refractivity contribution in [1.29, 1.82) is 0 Å². The molecule has 0 aliphatic heterocycles. The van der Waals surface area contributed by atoms with Gasteiger partial charge >= 0.3 is 0 Å². The number of Topliss-reactive ketones (excluding diaryl/α,β-unsaturated/α-hetero) is 1. The van der Waals surface area contributed by atoms with E-state index in [-0.39, 0.29) is 47.8 Å². The number of alkyl halides is 1. The third-order valence-corrected chi connectivity index (χ3v) is 11.9. The van der Waals surface area contributed by atoms with Crippen LogP contribution in [0, 0.1) is 11.8 Å². The molecule has 53 heavy (non-hydrogen) atoms. The fourth-order valence-corrected chi connectivity index (χ4v) is 8.57. The number of carbonyl (C=O) groups is 3. The molecule has 5 atom stereocenters. The molecule has 2 amide bonds. The summed E-state index contributed by atoms with van der Waals surface area (Å²) < 4.78 is 6.21. The van der Waals surface area contributed by atoms with E-state index in [0.717, 1.165) is 64.3 Å². The van der Waals surface area contributed by atoms with Gasteiger partial charge in [0.15, 0.2) is 5.78 Å². The Kier molecular flexibility index (Phi) is 18.8. The molecule has 2 saturated carbocycles. The highest BCUT2D eigenvalue weighted by Crippen LogP contribution is 2.33. The molecule has 0 saturated heterocycles. The number of aliphatic hydroxyl groups is 1. The lowest BCUT2D eigenvalue weighted by atomic mass is 9.81. The SMILES string of the molecule is CCCCCCCCCCCCOc1ccc2c(c1)C(=NC1CCC(N(CC)CCO)CC1C)C=C(C(=O)NCC1CCCCC1NC(=O)CCl)C2=O. The van der Waals surface area contributed by atoms with E-state index >= 15 is 0 Å². The molecule has 0 heterocycles. The Balaban J connectivity index is 1.46. The summed E-state index contributed by atoms with van der Waals surface area (Å²) >= 11 is 5.76. The zero-order valence-electron chi connectivity index (χ0n) is 32.8. The number of ether oxygens (including phenoxy) is 1. The first-order valence-electron chi connectivity index (χ1n) is 20.9. The first-order chi connectivity index (χ1) is 25.8. The van der Waals surface area contributed by atoms with Gasteiger partial charge in [-0.05, 0) is 81.2 Å². The summed E-state index contributed by atoms with van der Waals surface area (Å²) in [7, 11) is 0. The van der Waals surface area contributed by atoms with E-state index in [4.69, 9.17) is 21.3 Å². The number of nitrogens with one attached hydrogen (secondary N) is 2. The van der Waals surface area contributed by atoms with Gasteiger partial charge in [0.25, 0.3) is 5.91 Å². The van der Waals surface area contributed by atoms with Gasteiger partial charge in [0.05, 0.1) is 30.5 Å². The molecule has 0 bridgehead atoms. The average molecular weight is 755 g/mol. The number of likely N-dealkylation sites (N-methyl/N-ethyl adjacent to an activating group) is 1. The number of aliphatic hydroxyl groups excluding tert-OH is 1. The number of ketones is 1. The van der Waals surface area contributed by atoms with Crippen LogP contribution in [0.25, 0.3) is 0 Å². The molecule has 5 unspecified atom stereocenters. The number of amides is 2. The van der Waals surface area contributed by atoms with Gasteiger partial charge in [0.1, 0.15) is 11.6 Å². The summed E-state index contributed by atoms with van der Waals surface area (Å²) in [6.07, 6.45) is 20.9. The van der Waals surface area contributed by atoms with Gasteiger partial charge in [-0.15, -0.1) is 11.6 Å². The van der Waals surface area contributed by atoms with E-state index in [1.807, 2.05) is 12.1 Å². The van der Waals surface area contributed by atoms with Crippen molar-refractivity contribution in [2.24, 2.45) is 16.8 Å². The van der Waals surface area contributed by atoms with Crippen LogP contribution < -0.4 is 15.4 Å². The van der Waals surface area contributed by atoms with Gasteiger partial charge in [-0.2, -0.15) is 0 Å². The first-order valence-corrected chi connectivity index (χ1v) is 21.4. The minimum absolute atomic E-state index is 0.0421. The van der Waals surface area contributed by atoms with Crippen LogP contribution >= 0.6 is 11.6 Å². The number of carbonyl (C=O) groups excluding carboxylic acids is 3. The summed E-state index contributed by atoms with van der Waals surface area (Å²) in [5, 5.41) is 15.6. The number of fused-ring (bicyclic) bond motifs is 1. The van der Waals surface area contributed by atoms with Crippen LogP contribution in [0.4, 0.5) is 0 Å². The standard InChI is InChI=1S/C43H67ClN4O5/c1-4-6-7-8-9-10-11-12-13-16-25-53-34-20-21-35-36(27-34)40(46-38-22-19-33(26-31(38)3)48(5-2)23-24-49)28-37(42(35)51)43(52)45-30-32-17-14-15-18-39(32)47-41(50)29-44/h20-21,27-28,31-33,38-39,49H,4-19,22-26,29-30H2,1-3H3,(H,45,52)(H,47,50). The molecule has 2 fully saturated rings. The van der Waals surface area contributed by atoms with Gasteiger partial charge in [-0.1, -0.05) is 91.4 Å².